The van der Waals surface area contributed by atoms with Crippen LogP contribution in [0.1, 0.15) is 49.2 Å². The summed E-state index contributed by atoms with van der Waals surface area (Å²) in [5.74, 6) is -0.517. The highest BCUT2D eigenvalue weighted by Gasteiger charge is 2.32. The zero-order chi connectivity index (χ0) is 26.9. The Hall–Kier alpha value is -3.48. The number of non-ortho nitro benzene ring substituents is 1. The Labute approximate surface area is 219 Å². The van der Waals surface area contributed by atoms with E-state index in [1.54, 1.807) is 31.2 Å². The second-order valence-electron chi connectivity index (χ2n) is 8.84. The van der Waals surface area contributed by atoms with Gasteiger partial charge in [-0.1, -0.05) is 24.6 Å². The molecule has 0 aliphatic heterocycles. The lowest BCUT2D eigenvalue weighted by molar-refractivity contribution is -0.385. The lowest BCUT2D eigenvalue weighted by atomic mass is 10.2. The first-order chi connectivity index (χ1) is 17.5. The van der Waals surface area contributed by atoms with Crippen LogP contribution in [0.4, 0.5) is 5.69 Å². The van der Waals surface area contributed by atoms with Gasteiger partial charge in [0.05, 0.1) is 10.6 Å². The smallest absolute Gasteiger partial charge is 0.272 e. The minimum absolute atomic E-state index is 0.0632. The van der Waals surface area contributed by atoms with Crippen molar-refractivity contribution in [1.29, 1.82) is 0 Å². The van der Waals surface area contributed by atoms with Crippen molar-refractivity contribution in [2.24, 2.45) is 0 Å². The van der Waals surface area contributed by atoms with E-state index in [1.165, 1.54) is 10.7 Å². The summed E-state index contributed by atoms with van der Waals surface area (Å²) in [5, 5.41) is 19.1. The average molecular weight is 548 g/mol. The number of nitro groups is 1. The number of nitrogens with one attached hydrogen (secondary N) is 2. The van der Waals surface area contributed by atoms with Crippen LogP contribution in [-0.4, -0.2) is 41.1 Å². The Morgan fingerprint density at radius 2 is 2.03 bits per heavy atom. The molecule has 1 aliphatic rings. The van der Waals surface area contributed by atoms with Crippen molar-refractivity contribution in [3.63, 3.8) is 0 Å². The Morgan fingerprint density at radius 3 is 2.65 bits per heavy atom. The lowest BCUT2D eigenvalue weighted by Crippen LogP contribution is -2.32. The topological polar surface area (TPSA) is 145 Å². The third-order valence-corrected chi connectivity index (χ3v) is 7.64. The number of rotatable bonds is 10. The van der Waals surface area contributed by atoms with Gasteiger partial charge in [0.25, 0.3) is 11.6 Å². The number of halogens is 1. The van der Waals surface area contributed by atoms with Crippen molar-refractivity contribution in [1.82, 2.24) is 19.8 Å². The molecule has 2 N–H and O–H groups in total. The Kier molecular flexibility index (Phi) is 7.53. The van der Waals surface area contributed by atoms with Crippen LogP contribution >= 0.6 is 11.6 Å². The molecule has 1 saturated carbocycles. The van der Waals surface area contributed by atoms with Crippen molar-refractivity contribution < 1.29 is 22.9 Å². The number of aromatic nitrogens is 2. The van der Waals surface area contributed by atoms with Crippen LogP contribution in [0.5, 0.6) is 11.6 Å². The highest BCUT2D eigenvalue weighted by Crippen LogP contribution is 2.36. The summed E-state index contributed by atoms with van der Waals surface area (Å²) < 4.78 is 36.2. The molecule has 1 atom stereocenters. The van der Waals surface area contributed by atoms with Crippen LogP contribution in [-0.2, 0) is 10.0 Å². The standard InChI is InChI=1S/C24H26ClN5O6S/c1-4-14(2)26-23(31)22-15(3)24(29(27-22)18-7-5-6-16(25)12-18)36-20-11-10-19(30(32)33)13-21(20)37(34,35)28-17-8-9-17/h5-7,10-14,17,28H,4,8-9H2,1-3H3,(H,26,31). The highest BCUT2D eigenvalue weighted by molar-refractivity contribution is 7.89. The molecule has 1 heterocycles. The largest absolute Gasteiger partial charge is 0.437 e. The predicted molar refractivity (Wildman–Crippen MR) is 137 cm³/mol. The number of amides is 1. The molecule has 2 aromatic carbocycles. The van der Waals surface area contributed by atoms with Gasteiger partial charge in [-0.2, -0.15) is 9.78 Å². The van der Waals surface area contributed by atoms with Crippen LogP contribution in [0.2, 0.25) is 5.02 Å². The maximum absolute atomic E-state index is 13.1. The third kappa shape index (κ3) is 5.92. The second-order valence-corrected chi connectivity index (χ2v) is 11.0. The van der Waals surface area contributed by atoms with Crippen LogP contribution in [0.15, 0.2) is 47.4 Å². The molecule has 13 heteroatoms. The van der Waals surface area contributed by atoms with E-state index in [9.17, 15) is 23.3 Å². The van der Waals surface area contributed by atoms with E-state index < -0.39 is 31.4 Å². The molecular weight excluding hydrogens is 522 g/mol. The fourth-order valence-corrected chi connectivity index (χ4v) is 5.12. The van der Waals surface area contributed by atoms with Gasteiger partial charge < -0.3 is 10.1 Å². The summed E-state index contributed by atoms with van der Waals surface area (Å²) in [4.78, 5) is 23.3. The summed E-state index contributed by atoms with van der Waals surface area (Å²) in [6, 6.07) is 9.65. The monoisotopic (exact) mass is 547 g/mol. The molecule has 1 fully saturated rings. The molecule has 0 spiro atoms. The summed E-state index contributed by atoms with van der Waals surface area (Å²) in [6.07, 6.45) is 2.07. The Bertz CT molecular complexity index is 1470. The van der Waals surface area contributed by atoms with Crippen molar-refractivity contribution in [2.75, 3.05) is 0 Å². The number of nitro benzene ring substituents is 1. The number of hydrogen-bond acceptors (Lipinski definition) is 7. The normalized spacial score (nSPS) is 14.3. The van der Waals surface area contributed by atoms with Crippen LogP contribution < -0.4 is 14.8 Å². The van der Waals surface area contributed by atoms with Gasteiger partial charge >= 0.3 is 0 Å². The number of hydrogen-bond donors (Lipinski definition) is 2. The molecule has 37 heavy (non-hydrogen) atoms. The highest BCUT2D eigenvalue weighted by atomic mass is 35.5. The first kappa shape index (κ1) is 26.6. The molecule has 1 aromatic heterocycles. The van der Waals surface area contributed by atoms with Crippen molar-refractivity contribution >= 4 is 33.2 Å². The van der Waals surface area contributed by atoms with E-state index in [0.29, 0.717) is 35.5 Å². The summed E-state index contributed by atoms with van der Waals surface area (Å²) in [7, 11) is -4.14. The van der Waals surface area contributed by atoms with Gasteiger partial charge in [-0.3, -0.25) is 14.9 Å². The average Bonchev–Trinajstić information content (AvgIpc) is 3.59. The zero-order valence-corrected chi connectivity index (χ0v) is 22.0. The fourth-order valence-electron chi connectivity index (χ4n) is 3.49. The minimum Gasteiger partial charge on any atom is -0.437 e. The Balaban J connectivity index is 1.85. The first-order valence-electron chi connectivity index (χ1n) is 11.6. The molecule has 196 valence electrons. The molecule has 1 amide bonds. The third-order valence-electron chi connectivity index (χ3n) is 5.86. The van der Waals surface area contributed by atoms with E-state index >= 15 is 0 Å². The molecule has 0 bridgehead atoms. The van der Waals surface area contributed by atoms with Gasteiger partial charge in [0, 0.05) is 34.8 Å². The molecule has 11 nitrogen and oxygen atoms in total. The van der Waals surface area contributed by atoms with Gasteiger partial charge in [0.15, 0.2) is 5.69 Å². The summed E-state index contributed by atoms with van der Waals surface area (Å²) in [5.41, 5.74) is 0.489. The fraction of sp³-hybridized carbons (Fsp3) is 0.333. The molecule has 1 unspecified atom stereocenters. The van der Waals surface area contributed by atoms with Crippen LogP contribution in [0.25, 0.3) is 5.69 Å². The SMILES string of the molecule is CCC(C)NC(=O)c1nn(-c2cccc(Cl)c2)c(Oc2ccc([N+](=O)[O-])cc2S(=O)(=O)NC2CC2)c1C. The summed E-state index contributed by atoms with van der Waals surface area (Å²) in [6.45, 7) is 5.42. The first-order valence-corrected chi connectivity index (χ1v) is 13.5. The van der Waals surface area contributed by atoms with E-state index in [1.807, 2.05) is 13.8 Å². The number of carbonyl (C=O) groups is 1. The van der Waals surface area contributed by atoms with Crippen molar-refractivity contribution in [2.45, 2.75) is 57.0 Å². The minimum atomic E-state index is -4.14. The predicted octanol–water partition coefficient (Wildman–Crippen LogP) is 4.50. The Morgan fingerprint density at radius 1 is 1.30 bits per heavy atom. The van der Waals surface area contributed by atoms with Gasteiger partial charge in [-0.25, -0.2) is 13.1 Å². The van der Waals surface area contributed by atoms with Crippen LogP contribution in [0.3, 0.4) is 0 Å². The van der Waals surface area contributed by atoms with E-state index in [2.05, 4.69) is 15.1 Å². The number of ether oxygens (including phenoxy) is 1. The van der Waals surface area contributed by atoms with E-state index in [-0.39, 0.29) is 29.4 Å². The van der Waals surface area contributed by atoms with Crippen molar-refractivity contribution in [3.05, 3.63) is 68.9 Å². The van der Waals surface area contributed by atoms with Gasteiger partial charge in [0.2, 0.25) is 15.9 Å². The molecule has 1 aliphatic carbocycles. The molecule has 0 saturated heterocycles. The molecule has 0 radical (unpaired) electrons. The summed E-state index contributed by atoms with van der Waals surface area (Å²) >= 11 is 6.18. The maximum atomic E-state index is 13.1. The lowest BCUT2D eigenvalue weighted by Gasteiger charge is -2.14. The van der Waals surface area contributed by atoms with E-state index in [4.69, 9.17) is 16.3 Å². The number of nitrogens with zero attached hydrogens (tertiary/aromatic N) is 3. The molecule has 3 aromatic rings. The van der Waals surface area contributed by atoms with E-state index in [0.717, 1.165) is 12.1 Å². The maximum Gasteiger partial charge on any atom is 0.272 e. The number of benzene rings is 2. The van der Waals surface area contributed by atoms with Gasteiger partial charge in [0.1, 0.15) is 10.6 Å². The van der Waals surface area contributed by atoms with Crippen molar-refractivity contribution in [3.8, 4) is 17.3 Å². The number of carbonyl (C=O) groups excluding carboxylic acids is 1. The molecule has 4 rings (SSSR count). The van der Waals surface area contributed by atoms with Gasteiger partial charge in [-0.05, 0) is 57.4 Å². The number of sulfonamides is 1. The molecular formula is C24H26ClN5O6S. The zero-order valence-electron chi connectivity index (χ0n) is 20.4. The second kappa shape index (κ2) is 10.5. The van der Waals surface area contributed by atoms with Crippen LogP contribution in [0, 0.1) is 17.0 Å². The van der Waals surface area contributed by atoms with Gasteiger partial charge in [-0.15, -0.1) is 0 Å². The quantitative estimate of drug-likeness (QED) is 0.280.